The van der Waals surface area contributed by atoms with E-state index in [1.165, 1.54) is 11.1 Å². The van der Waals surface area contributed by atoms with Crippen molar-refractivity contribution in [3.63, 3.8) is 0 Å². The highest BCUT2D eigenvalue weighted by atomic mass is 79.9. The molecule has 0 saturated carbocycles. The van der Waals surface area contributed by atoms with Gasteiger partial charge in [0.05, 0.1) is 6.04 Å². The summed E-state index contributed by atoms with van der Waals surface area (Å²) >= 11 is 3.48. The monoisotopic (exact) mass is 295 g/mol. The molecule has 1 atom stereocenters. The fourth-order valence-electron chi connectivity index (χ4n) is 2.38. The van der Waals surface area contributed by atoms with Gasteiger partial charge in [0.25, 0.3) is 0 Å². The molecule has 2 rings (SSSR count). The Morgan fingerprint density at radius 3 is 3.00 bits per heavy atom. The Kier molecular flexibility index (Phi) is 3.87. The lowest BCUT2D eigenvalue weighted by molar-refractivity contribution is -0.133. The number of amides is 1. The van der Waals surface area contributed by atoms with Gasteiger partial charge in [0, 0.05) is 17.4 Å². The molecule has 2 nitrogen and oxygen atoms in total. The summed E-state index contributed by atoms with van der Waals surface area (Å²) in [6.45, 7) is 4.99. The lowest BCUT2D eigenvalue weighted by Crippen LogP contribution is -2.27. The number of hydrogen-bond donors (Lipinski definition) is 0. The highest BCUT2D eigenvalue weighted by molar-refractivity contribution is 9.10. The molecular weight excluding hydrogens is 278 g/mol. The van der Waals surface area contributed by atoms with E-state index in [1.807, 2.05) is 4.90 Å². The van der Waals surface area contributed by atoms with E-state index in [0.717, 1.165) is 23.9 Å². The third-order valence-electron chi connectivity index (χ3n) is 3.43. The standard InChI is InChI=1S/C14H18BrNO/c1-3-4-5-14(17)16-9-11-8-12(15)6-7-13(11)10(16)2/h6-8,10H,3-5,9H2,1-2H3. The van der Waals surface area contributed by atoms with E-state index in [-0.39, 0.29) is 11.9 Å². The molecular formula is C14H18BrNO. The van der Waals surface area contributed by atoms with Crippen LogP contribution in [0.1, 0.15) is 50.3 Å². The first-order chi connectivity index (χ1) is 8.13. The largest absolute Gasteiger partial charge is 0.332 e. The highest BCUT2D eigenvalue weighted by Crippen LogP contribution is 2.35. The van der Waals surface area contributed by atoms with E-state index in [9.17, 15) is 4.79 Å². The predicted molar refractivity (Wildman–Crippen MR) is 72.6 cm³/mol. The molecule has 3 heteroatoms. The smallest absolute Gasteiger partial charge is 0.223 e. The van der Waals surface area contributed by atoms with Crippen LogP contribution in [0.25, 0.3) is 0 Å². The number of carbonyl (C=O) groups is 1. The van der Waals surface area contributed by atoms with Crippen molar-refractivity contribution in [2.45, 2.75) is 45.7 Å². The molecule has 0 spiro atoms. The summed E-state index contributed by atoms with van der Waals surface area (Å²) in [6.07, 6.45) is 2.74. The fourth-order valence-corrected chi connectivity index (χ4v) is 2.79. The summed E-state index contributed by atoms with van der Waals surface area (Å²) in [6, 6.07) is 6.52. The summed E-state index contributed by atoms with van der Waals surface area (Å²) < 4.78 is 1.09. The minimum atomic E-state index is 0.224. The van der Waals surface area contributed by atoms with Crippen molar-refractivity contribution in [3.8, 4) is 0 Å². The Bertz CT molecular complexity index is 430. The second-order valence-electron chi connectivity index (χ2n) is 4.64. The number of hydrogen-bond acceptors (Lipinski definition) is 1. The van der Waals surface area contributed by atoms with Crippen molar-refractivity contribution in [2.24, 2.45) is 0 Å². The third kappa shape index (κ3) is 2.54. The van der Waals surface area contributed by atoms with Gasteiger partial charge in [-0.05, 0) is 36.6 Å². The molecule has 0 fully saturated rings. The van der Waals surface area contributed by atoms with E-state index in [2.05, 4.69) is 48.0 Å². The molecule has 0 N–H and O–H groups in total. The Morgan fingerprint density at radius 1 is 1.53 bits per heavy atom. The van der Waals surface area contributed by atoms with Crippen molar-refractivity contribution in [1.82, 2.24) is 4.90 Å². The van der Waals surface area contributed by atoms with Gasteiger partial charge in [0.2, 0.25) is 5.91 Å². The van der Waals surface area contributed by atoms with Gasteiger partial charge < -0.3 is 4.90 Å². The topological polar surface area (TPSA) is 20.3 Å². The van der Waals surface area contributed by atoms with E-state index < -0.39 is 0 Å². The molecule has 1 heterocycles. The number of unbranched alkanes of at least 4 members (excludes halogenated alkanes) is 1. The number of benzene rings is 1. The zero-order chi connectivity index (χ0) is 12.4. The van der Waals surface area contributed by atoms with Gasteiger partial charge in [0.15, 0.2) is 0 Å². The SMILES string of the molecule is CCCCC(=O)N1Cc2cc(Br)ccc2C1C. The Labute approximate surface area is 111 Å². The number of carbonyl (C=O) groups excluding carboxylic acids is 1. The maximum absolute atomic E-state index is 12.1. The Morgan fingerprint density at radius 2 is 2.29 bits per heavy atom. The molecule has 1 aromatic carbocycles. The second kappa shape index (κ2) is 5.21. The minimum Gasteiger partial charge on any atom is -0.332 e. The number of nitrogens with zero attached hydrogens (tertiary/aromatic N) is 1. The van der Waals surface area contributed by atoms with E-state index in [0.29, 0.717) is 6.42 Å². The highest BCUT2D eigenvalue weighted by Gasteiger charge is 2.29. The normalized spacial score (nSPS) is 18.3. The van der Waals surface area contributed by atoms with Crippen LogP contribution in [-0.2, 0) is 11.3 Å². The molecule has 1 amide bonds. The first-order valence-corrected chi connectivity index (χ1v) is 7.00. The fraction of sp³-hybridized carbons (Fsp3) is 0.500. The lowest BCUT2D eigenvalue weighted by Gasteiger charge is -2.21. The van der Waals surface area contributed by atoms with Crippen molar-refractivity contribution in [1.29, 1.82) is 0 Å². The number of fused-ring (bicyclic) bond motifs is 1. The molecule has 1 aliphatic heterocycles. The van der Waals surface area contributed by atoms with Crippen LogP contribution < -0.4 is 0 Å². The Balaban J connectivity index is 2.13. The Hall–Kier alpha value is -0.830. The van der Waals surface area contributed by atoms with Crippen molar-refractivity contribution in [2.75, 3.05) is 0 Å². The van der Waals surface area contributed by atoms with Crippen LogP contribution in [0, 0.1) is 0 Å². The van der Waals surface area contributed by atoms with E-state index >= 15 is 0 Å². The zero-order valence-electron chi connectivity index (χ0n) is 10.4. The van der Waals surface area contributed by atoms with Crippen molar-refractivity contribution < 1.29 is 4.79 Å². The molecule has 0 bridgehead atoms. The second-order valence-corrected chi connectivity index (χ2v) is 5.56. The van der Waals surface area contributed by atoms with Crippen LogP contribution >= 0.6 is 15.9 Å². The first-order valence-electron chi connectivity index (χ1n) is 6.21. The summed E-state index contributed by atoms with van der Waals surface area (Å²) in [5.41, 5.74) is 2.56. The molecule has 0 aliphatic carbocycles. The summed E-state index contributed by atoms with van der Waals surface area (Å²) in [5, 5.41) is 0. The van der Waals surface area contributed by atoms with Gasteiger partial charge in [-0.1, -0.05) is 35.3 Å². The summed E-state index contributed by atoms with van der Waals surface area (Å²) in [7, 11) is 0. The van der Waals surface area contributed by atoms with Gasteiger partial charge in [-0.2, -0.15) is 0 Å². The van der Waals surface area contributed by atoms with E-state index in [4.69, 9.17) is 0 Å². The summed E-state index contributed by atoms with van der Waals surface area (Å²) in [5.74, 6) is 0.284. The zero-order valence-corrected chi connectivity index (χ0v) is 12.0. The average Bonchev–Trinajstić information content (AvgIpc) is 2.63. The number of halogens is 1. The first kappa shape index (κ1) is 12.6. The molecule has 0 radical (unpaired) electrons. The van der Waals surface area contributed by atoms with Crippen molar-refractivity contribution in [3.05, 3.63) is 33.8 Å². The van der Waals surface area contributed by atoms with Gasteiger partial charge in [-0.15, -0.1) is 0 Å². The molecule has 92 valence electrons. The quantitative estimate of drug-likeness (QED) is 0.824. The molecule has 17 heavy (non-hydrogen) atoms. The van der Waals surface area contributed by atoms with Crippen LogP contribution in [0.4, 0.5) is 0 Å². The maximum Gasteiger partial charge on any atom is 0.223 e. The molecule has 1 aliphatic rings. The molecule has 0 aromatic heterocycles. The maximum atomic E-state index is 12.1. The lowest BCUT2D eigenvalue weighted by atomic mass is 10.1. The van der Waals surface area contributed by atoms with Crippen LogP contribution in [0.2, 0.25) is 0 Å². The van der Waals surface area contributed by atoms with Crippen molar-refractivity contribution >= 4 is 21.8 Å². The van der Waals surface area contributed by atoms with Crippen LogP contribution in [0.5, 0.6) is 0 Å². The molecule has 0 saturated heterocycles. The van der Waals surface area contributed by atoms with Crippen LogP contribution in [-0.4, -0.2) is 10.8 Å². The van der Waals surface area contributed by atoms with Gasteiger partial charge in [-0.3, -0.25) is 4.79 Å². The van der Waals surface area contributed by atoms with Crippen LogP contribution in [0.15, 0.2) is 22.7 Å². The number of rotatable bonds is 3. The predicted octanol–water partition coefficient (Wildman–Crippen LogP) is 4.04. The molecule has 1 unspecified atom stereocenters. The summed E-state index contributed by atoms with van der Waals surface area (Å²) in [4.78, 5) is 14.1. The van der Waals surface area contributed by atoms with E-state index in [1.54, 1.807) is 0 Å². The van der Waals surface area contributed by atoms with Crippen LogP contribution in [0.3, 0.4) is 0 Å². The van der Waals surface area contributed by atoms with Gasteiger partial charge in [-0.25, -0.2) is 0 Å². The van der Waals surface area contributed by atoms with Gasteiger partial charge in [0.1, 0.15) is 0 Å². The average molecular weight is 296 g/mol. The minimum absolute atomic E-state index is 0.224. The third-order valence-corrected chi connectivity index (χ3v) is 3.92. The molecule has 1 aromatic rings. The van der Waals surface area contributed by atoms with Gasteiger partial charge >= 0.3 is 0 Å².